The molecule has 2 heterocycles. The molecule has 63 heavy (non-hydrogen) atoms. The monoisotopic (exact) mass is 994 g/mol. The summed E-state index contributed by atoms with van der Waals surface area (Å²) in [6, 6.07) is 66.5. The molecule has 306 valence electrons. The summed E-state index contributed by atoms with van der Waals surface area (Å²) in [5.41, 5.74) is 16.8. The first-order valence-electron chi connectivity index (χ1n) is 22.4. The number of phenolic OH excluding ortho intramolecular Hbond substituents is 1. The molecule has 0 unspecified atom stereocenters. The number of rotatable bonds is 7. The van der Waals surface area contributed by atoms with Crippen molar-refractivity contribution in [3.05, 3.63) is 217 Å². The molecular weight excluding hydrogens is 950 g/mol. The van der Waals surface area contributed by atoms with Crippen LogP contribution in [-0.2, 0) is 26.5 Å². The number of pyridine rings is 1. The fraction of sp³-hybridized carbons (Fsp3) is 0.0690. The maximum absolute atomic E-state index is 11.5. The van der Waals surface area contributed by atoms with Crippen LogP contribution in [0.3, 0.4) is 0 Å². The SMILES string of the molecule is [2H]C([2H])([2H])c1ccc(-n2c(-c3ccccc3O)nc3c(-c4[c-]c(-c5cc(-c6ccc(-c7ccccc7)cc6)ccn5)cc5c4-c4ccccc4C5(C)C)cccc32)c(-c2ccccc2)c1.[Pt]. The van der Waals surface area contributed by atoms with Crippen molar-refractivity contribution in [1.82, 2.24) is 14.5 Å². The molecule has 0 atom stereocenters. The van der Waals surface area contributed by atoms with Gasteiger partial charge in [-0.3, -0.25) is 9.55 Å². The van der Waals surface area contributed by atoms with E-state index in [0.29, 0.717) is 16.9 Å². The number of aromatic hydroxyl groups is 1. The quantitative estimate of drug-likeness (QED) is 0.162. The molecular formula is C58H42N3OPt-. The maximum atomic E-state index is 11.5. The van der Waals surface area contributed by atoms with Crippen LogP contribution in [0.15, 0.2) is 194 Å². The molecule has 2 aromatic heterocycles. The van der Waals surface area contributed by atoms with E-state index in [0.717, 1.165) is 72.5 Å². The van der Waals surface area contributed by atoms with Crippen molar-refractivity contribution in [2.75, 3.05) is 0 Å². The van der Waals surface area contributed by atoms with Crippen LogP contribution in [0.1, 0.15) is 34.7 Å². The van der Waals surface area contributed by atoms with E-state index in [9.17, 15) is 5.11 Å². The predicted molar refractivity (Wildman–Crippen MR) is 254 cm³/mol. The van der Waals surface area contributed by atoms with E-state index in [2.05, 4.69) is 122 Å². The van der Waals surface area contributed by atoms with E-state index < -0.39 is 6.85 Å². The Morgan fingerprint density at radius 2 is 1.22 bits per heavy atom. The van der Waals surface area contributed by atoms with Crippen molar-refractivity contribution in [2.45, 2.75) is 26.1 Å². The van der Waals surface area contributed by atoms with Gasteiger partial charge in [-0.2, -0.15) is 0 Å². The van der Waals surface area contributed by atoms with E-state index in [1.165, 1.54) is 16.7 Å². The van der Waals surface area contributed by atoms with Gasteiger partial charge in [-0.1, -0.05) is 187 Å². The smallest absolute Gasteiger partial charge is 0.148 e. The van der Waals surface area contributed by atoms with Crippen LogP contribution in [-0.4, -0.2) is 19.6 Å². The Morgan fingerprint density at radius 1 is 0.571 bits per heavy atom. The van der Waals surface area contributed by atoms with Gasteiger partial charge < -0.3 is 5.11 Å². The number of phenols is 1. The number of aromatic nitrogens is 3. The molecule has 0 amide bonds. The molecule has 5 heteroatoms. The average Bonchev–Trinajstić information content (AvgIpc) is 3.84. The molecule has 1 aliphatic carbocycles. The minimum atomic E-state index is -2.32. The van der Waals surface area contributed by atoms with E-state index in [-0.39, 0.29) is 37.8 Å². The second kappa shape index (κ2) is 16.0. The van der Waals surface area contributed by atoms with Gasteiger partial charge in [-0.05, 0) is 82.2 Å². The third-order valence-electron chi connectivity index (χ3n) is 12.4. The molecule has 1 aliphatic rings. The summed E-state index contributed by atoms with van der Waals surface area (Å²) in [6.45, 7) is 2.24. The van der Waals surface area contributed by atoms with Crippen LogP contribution >= 0.6 is 0 Å². The summed E-state index contributed by atoms with van der Waals surface area (Å²) >= 11 is 0. The van der Waals surface area contributed by atoms with E-state index in [1.54, 1.807) is 24.3 Å². The molecule has 0 fully saturated rings. The molecule has 1 N–H and O–H groups in total. The number of hydrogen-bond acceptors (Lipinski definition) is 3. The fourth-order valence-electron chi connectivity index (χ4n) is 9.30. The minimum Gasteiger partial charge on any atom is -0.507 e. The molecule has 0 bridgehead atoms. The Bertz CT molecular complexity index is 3450. The summed E-state index contributed by atoms with van der Waals surface area (Å²) in [7, 11) is 0. The first-order chi connectivity index (χ1) is 31.5. The Kier molecular flexibility index (Phi) is 9.25. The van der Waals surface area contributed by atoms with Crippen LogP contribution < -0.4 is 0 Å². The largest absolute Gasteiger partial charge is 0.507 e. The van der Waals surface area contributed by atoms with Crippen molar-refractivity contribution in [2.24, 2.45) is 0 Å². The zero-order valence-corrected chi connectivity index (χ0v) is 36.9. The van der Waals surface area contributed by atoms with Crippen LogP contribution in [0.5, 0.6) is 5.75 Å². The molecule has 8 aromatic carbocycles. The zero-order chi connectivity index (χ0) is 44.5. The maximum Gasteiger partial charge on any atom is 0.148 e. The second-order valence-corrected chi connectivity index (χ2v) is 16.4. The number of aryl methyl sites for hydroxylation is 1. The van der Waals surface area contributed by atoms with Gasteiger partial charge in [0.25, 0.3) is 0 Å². The average molecular weight is 995 g/mol. The number of hydrogen-bond donors (Lipinski definition) is 1. The van der Waals surface area contributed by atoms with Gasteiger partial charge in [0.05, 0.1) is 22.3 Å². The molecule has 0 aliphatic heterocycles. The fourth-order valence-corrected chi connectivity index (χ4v) is 9.30. The minimum absolute atomic E-state index is 0. The molecule has 10 aromatic rings. The van der Waals surface area contributed by atoms with Gasteiger partial charge >= 0.3 is 0 Å². The normalized spacial score (nSPS) is 13.3. The molecule has 0 spiro atoms. The van der Waals surface area contributed by atoms with Gasteiger partial charge in [0.15, 0.2) is 0 Å². The molecule has 4 nitrogen and oxygen atoms in total. The van der Waals surface area contributed by atoms with Crippen molar-refractivity contribution < 1.29 is 30.3 Å². The Morgan fingerprint density at radius 3 is 1.97 bits per heavy atom. The summed E-state index contributed by atoms with van der Waals surface area (Å²) in [6.07, 6.45) is 1.87. The van der Waals surface area contributed by atoms with Gasteiger partial charge in [0.1, 0.15) is 11.6 Å². The van der Waals surface area contributed by atoms with Crippen LogP contribution in [0.2, 0.25) is 0 Å². The van der Waals surface area contributed by atoms with Crippen molar-refractivity contribution in [3.63, 3.8) is 0 Å². The standard InChI is InChI=1S/C58H42N3O.Pt/c1-37-25-30-52(47(33-37)41-17-8-5-9-18-41)61-53-23-14-21-44(56(53)60-57(61)46-20-11-13-24-54(46)62)48-34-43(35-50-55(48)45-19-10-12-22-49(45)58(50,2)3)51-36-42(31-32-59-51)40-28-26-39(27-29-40)38-15-6-4-7-16-38;/h4-33,35-36,62H,1-3H3;/q-1;/i1D3;. The topological polar surface area (TPSA) is 50.9 Å². The summed E-state index contributed by atoms with van der Waals surface area (Å²) in [5.74, 6) is 0.599. The first kappa shape index (κ1) is 36.5. The van der Waals surface area contributed by atoms with Gasteiger partial charge in [0.2, 0.25) is 0 Å². The van der Waals surface area contributed by atoms with Gasteiger partial charge in [-0.15, -0.1) is 17.7 Å². The van der Waals surface area contributed by atoms with Crippen molar-refractivity contribution in [3.8, 4) is 89.7 Å². The summed E-state index contributed by atoms with van der Waals surface area (Å²) in [4.78, 5) is 10.4. The number of fused-ring (bicyclic) bond motifs is 4. The molecule has 0 radical (unpaired) electrons. The van der Waals surface area contributed by atoms with E-state index in [1.807, 2.05) is 72.9 Å². The van der Waals surface area contributed by atoms with Crippen molar-refractivity contribution >= 4 is 11.0 Å². The molecule has 11 rings (SSSR count). The number of imidazole rings is 1. The van der Waals surface area contributed by atoms with Crippen LogP contribution in [0.4, 0.5) is 0 Å². The summed E-state index contributed by atoms with van der Waals surface area (Å²) in [5, 5.41) is 11.5. The summed E-state index contributed by atoms with van der Waals surface area (Å²) < 4.78 is 27.0. The molecule has 0 saturated heterocycles. The van der Waals surface area contributed by atoms with Gasteiger partial charge in [0, 0.05) is 48.0 Å². The Labute approximate surface area is 386 Å². The Hall–Kier alpha value is -7.13. The second-order valence-electron chi connectivity index (χ2n) is 16.4. The number of para-hydroxylation sites is 2. The van der Waals surface area contributed by atoms with E-state index in [4.69, 9.17) is 14.1 Å². The molecule has 0 saturated carbocycles. The number of benzene rings is 8. The predicted octanol–water partition coefficient (Wildman–Crippen LogP) is 14.5. The number of nitrogens with zero attached hydrogens (tertiary/aromatic N) is 3. The van der Waals surface area contributed by atoms with Crippen molar-refractivity contribution in [1.29, 1.82) is 0 Å². The first-order valence-corrected chi connectivity index (χ1v) is 20.9. The van der Waals surface area contributed by atoms with E-state index >= 15 is 0 Å². The Balaban J connectivity index is 0.00000511. The van der Waals surface area contributed by atoms with Gasteiger partial charge in [-0.25, -0.2) is 4.98 Å². The zero-order valence-electron chi connectivity index (χ0n) is 37.6. The van der Waals surface area contributed by atoms with Crippen LogP contribution in [0.25, 0.3) is 95.0 Å². The third kappa shape index (κ3) is 6.83. The third-order valence-corrected chi connectivity index (χ3v) is 12.4. The van der Waals surface area contributed by atoms with Crippen LogP contribution in [0, 0.1) is 12.9 Å².